The molecule has 0 fully saturated rings. The van der Waals surface area contributed by atoms with E-state index in [1.165, 1.54) is 12.1 Å². The Labute approximate surface area is 178 Å². The first-order valence-electron chi connectivity index (χ1n) is 7.99. The second kappa shape index (κ2) is 8.48. The van der Waals surface area contributed by atoms with Gasteiger partial charge in [0.2, 0.25) is 0 Å². The van der Waals surface area contributed by atoms with Crippen LogP contribution in [0.25, 0.3) is 0 Å². The molecule has 0 aromatic heterocycles. The lowest BCUT2D eigenvalue weighted by atomic mass is 10.2. The molecule has 0 spiro atoms. The number of sulfonamides is 1. The van der Waals surface area contributed by atoms with Crippen molar-refractivity contribution < 1.29 is 22.0 Å². The van der Waals surface area contributed by atoms with Crippen molar-refractivity contribution >= 4 is 54.8 Å². The molecule has 0 aliphatic rings. The first kappa shape index (κ1) is 21.2. The molecule has 1 amide bonds. The fraction of sp³-hybridized carbons (Fsp3) is 0. The summed E-state index contributed by atoms with van der Waals surface area (Å²) < 4.78 is 55.1. The highest BCUT2D eigenvalue weighted by atomic mass is 79.9. The van der Waals surface area contributed by atoms with Crippen LogP contribution < -0.4 is 10.0 Å². The Kier molecular flexibility index (Phi) is 6.21. The van der Waals surface area contributed by atoms with E-state index in [2.05, 4.69) is 26.0 Å². The minimum atomic E-state index is -3.97. The van der Waals surface area contributed by atoms with Crippen LogP contribution in [0, 0.1) is 11.6 Å². The van der Waals surface area contributed by atoms with Gasteiger partial charge in [0, 0.05) is 21.8 Å². The van der Waals surface area contributed by atoms with Crippen LogP contribution in [0.4, 0.5) is 20.2 Å². The average Bonchev–Trinajstić information content (AvgIpc) is 2.64. The summed E-state index contributed by atoms with van der Waals surface area (Å²) in [5.41, 5.74) is 0.0313. The van der Waals surface area contributed by atoms with Crippen LogP contribution >= 0.6 is 27.5 Å². The van der Waals surface area contributed by atoms with Crippen LogP contribution in [0.2, 0.25) is 5.02 Å². The molecule has 0 aliphatic heterocycles. The van der Waals surface area contributed by atoms with Gasteiger partial charge in [0.15, 0.2) is 0 Å². The van der Waals surface area contributed by atoms with Crippen molar-refractivity contribution in [3.05, 3.63) is 87.4 Å². The smallest absolute Gasteiger partial charge is 0.261 e. The summed E-state index contributed by atoms with van der Waals surface area (Å²) in [5, 5.41) is 2.42. The van der Waals surface area contributed by atoms with Gasteiger partial charge in [-0.15, -0.1) is 0 Å². The molecule has 5 nitrogen and oxygen atoms in total. The number of hydrogen-bond donors (Lipinski definition) is 2. The topological polar surface area (TPSA) is 75.3 Å². The molecule has 3 aromatic rings. The van der Waals surface area contributed by atoms with E-state index in [9.17, 15) is 22.0 Å². The number of halogens is 4. The monoisotopic (exact) mass is 500 g/mol. The number of hydrogen-bond acceptors (Lipinski definition) is 3. The lowest BCUT2D eigenvalue weighted by Gasteiger charge is -2.12. The number of rotatable bonds is 5. The highest BCUT2D eigenvalue weighted by Gasteiger charge is 2.18. The van der Waals surface area contributed by atoms with E-state index < -0.39 is 27.6 Å². The predicted molar refractivity (Wildman–Crippen MR) is 111 cm³/mol. The molecular formula is C19H12BrClF2N2O3S. The quantitative estimate of drug-likeness (QED) is 0.489. The highest BCUT2D eigenvalue weighted by Crippen LogP contribution is 2.27. The van der Waals surface area contributed by atoms with E-state index in [4.69, 9.17) is 11.6 Å². The Hall–Kier alpha value is -2.49. The van der Waals surface area contributed by atoms with Gasteiger partial charge in [0.1, 0.15) is 11.6 Å². The standard InChI is InChI=1S/C19H12BrClF2N2O3S/c20-12-1-3-15(4-2-12)25-29(27,28)16-5-6-17(21)18(10-16)24-19(26)11-7-13(22)9-14(23)8-11/h1-10,25H,(H,24,26). The molecule has 3 aromatic carbocycles. The van der Waals surface area contributed by atoms with Crippen LogP contribution in [0.15, 0.2) is 70.0 Å². The second-order valence-electron chi connectivity index (χ2n) is 5.87. The molecular weight excluding hydrogens is 490 g/mol. The molecule has 29 heavy (non-hydrogen) atoms. The van der Waals surface area contributed by atoms with Gasteiger partial charge in [-0.25, -0.2) is 17.2 Å². The maximum atomic E-state index is 13.3. The van der Waals surface area contributed by atoms with E-state index in [-0.39, 0.29) is 21.2 Å². The number of benzene rings is 3. The molecule has 0 aliphatic carbocycles. The number of carbonyl (C=O) groups excluding carboxylic acids is 1. The molecule has 150 valence electrons. The SMILES string of the molecule is O=C(Nc1cc(S(=O)(=O)Nc2ccc(Br)cc2)ccc1Cl)c1cc(F)cc(F)c1. The van der Waals surface area contributed by atoms with Crippen LogP contribution in [0.3, 0.4) is 0 Å². The summed E-state index contributed by atoms with van der Waals surface area (Å²) >= 11 is 9.29. The molecule has 0 radical (unpaired) electrons. The average molecular weight is 502 g/mol. The molecule has 0 saturated heterocycles. The van der Waals surface area contributed by atoms with Gasteiger partial charge in [0.05, 0.1) is 15.6 Å². The predicted octanol–water partition coefficient (Wildman–Crippen LogP) is 5.43. The van der Waals surface area contributed by atoms with Crippen molar-refractivity contribution in [3.8, 4) is 0 Å². The number of amides is 1. The summed E-state index contributed by atoms with van der Waals surface area (Å²) in [6.07, 6.45) is 0. The van der Waals surface area contributed by atoms with Gasteiger partial charge in [-0.1, -0.05) is 27.5 Å². The third-order valence-electron chi connectivity index (χ3n) is 3.72. The lowest BCUT2D eigenvalue weighted by Crippen LogP contribution is -2.15. The van der Waals surface area contributed by atoms with Gasteiger partial charge in [-0.3, -0.25) is 9.52 Å². The summed E-state index contributed by atoms with van der Waals surface area (Å²) in [4.78, 5) is 12.1. The van der Waals surface area contributed by atoms with Crippen molar-refractivity contribution in [1.82, 2.24) is 0 Å². The van der Waals surface area contributed by atoms with Gasteiger partial charge >= 0.3 is 0 Å². The molecule has 0 saturated carbocycles. The fourth-order valence-electron chi connectivity index (χ4n) is 2.38. The largest absolute Gasteiger partial charge is 0.321 e. The Balaban J connectivity index is 1.87. The summed E-state index contributed by atoms with van der Waals surface area (Å²) in [6, 6.07) is 12.5. The number of anilines is 2. The Morgan fingerprint density at radius 3 is 2.17 bits per heavy atom. The third-order valence-corrected chi connectivity index (χ3v) is 5.95. The minimum absolute atomic E-state index is 0.0278. The van der Waals surface area contributed by atoms with Gasteiger partial charge in [-0.2, -0.15) is 0 Å². The van der Waals surface area contributed by atoms with Crippen molar-refractivity contribution in [2.45, 2.75) is 4.90 Å². The number of carbonyl (C=O) groups is 1. The van der Waals surface area contributed by atoms with E-state index in [1.807, 2.05) is 0 Å². The molecule has 0 bridgehead atoms. The molecule has 0 atom stereocenters. The summed E-state index contributed by atoms with van der Waals surface area (Å²) in [5.74, 6) is -2.69. The van der Waals surface area contributed by atoms with Crippen LogP contribution in [-0.4, -0.2) is 14.3 Å². The maximum Gasteiger partial charge on any atom is 0.261 e. The Morgan fingerprint density at radius 2 is 1.55 bits per heavy atom. The van der Waals surface area contributed by atoms with Gasteiger partial charge in [0.25, 0.3) is 15.9 Å². The Morgan fingerprint density at radius 1 is 0.931 bits per heavy atom. The zero-order valence-electron chi connectivity index (χ0n) is 14.4. The molecule has 0 unspecified atom stereocenters. The molecule has 10 heteroatoms. The van der Waals surface area contributed by atoms with Crippen molar-refractivity contribution in [1.29, 1.82) is 0 Å². The number of nitrogens with one attached hydrogen (secondary N) is 2. The minimum Gasteiger partial charge on any atom is -0.321 e. The summed E-state index contributed by atoms with van der Waals surface area (Å²) in [7, 11) is -3.97. The van der Waals surface area contributed by atoms with Crippen LogP contribution in [-0.2, 0) is 10.0 Å². The summed E-state index contributed by atoms with van der Waals surface area (Å²) in [6.45, 7) is 0. The Bertz CT molecular complexity index is 1170. The third kappa shape index (κ3) is 5.31. The van der Waals surface area contributed by atoms with E-state index >= 15 is 0 Å². The maximum absolute atomic E-state index is 13.3. The zero-order chi connectivity index (χ0) is 21.2. The van der Waals surface area contributed by atoms with E-state index in [1.54, 1.807) is 24.3 Å². The first-order valence-corrected chi connectivity index (χ1v) is 10.6. The molecule has 2 N–H and O–H groups in total. The van der Waals surface area contributed by atoms with Crippen molar-refractivity contribution in [2.24, 2.45) is 0 Å². The molecule has 3 rings (SSSR count). The van der Waals surface area contributed by atoms with Crippen molar-refractivity contribution in [2.75, 3.05) is 10.0 Å². The van der Waals surface area contributed by atoms with Crippen LogP contribution in [0.1, 0.15) is 10.4 Å². The normalized spacial score (nSPS) is 11.2. The fourth-order valence-corrected chi connectivity index (χ4v) is 3.89. The van der Waals surface area contributed by atoms with Crippen molar-refractivity contribution in [3.63, 3.8) is 0 Å². The zero-order valence-corrected chi connectivity index (χ0v) is 17.6. The van der Waals surface area contributed by atoms with E-state index in [0.29, 0.717) is 11.8 Å². The second-order valence-corrected chi connectivity index (χ2v) is 8.87. The van der Waals surface area contributed by atoms with Crippen LogP contribution in [0.5, 0.6) is 0 Å². The van der Waals surface area contributed by atoms with E-state index in [0.717, 1.165) is 22.7 Å². The lowest BCUT2D eigenvalue weighted by molar-refractivity contribution is 0.102. The first-order chi connectivity index (χ1) is 13.6. The highest BCUT2D eigenvalue weighted by molar-refractivity contribution is 9.10. The van der Waals surface area contributed by atoms with Gasteiger partial charge in [-0.05, 0) is 54.6 Å². The molecule has 0 heterocycles. The van der Waals surface area contributed by atoms with Gasteiger partial charge < -0.3 is 5.32 Å².